The van der Waals surface area contributed by atoms with Crippen LogP contribution in [0.15, 0.2) is 66.7 Å². The zero-order valence-corrected chi connectivity index (χ0v) is 14.6. The van der Waals surface area contributed by atoms with Crippen molar-refractivity contribution in [2.45, 2.75) is 24.8 Å². The molecule has 4 rings (SSSR count). The Morgan fingerprint density at radius 2 is 1.68 bits per heavy atom. The van der Waals surface area contributed by atoms with Crippen molar-refractivity contribution in [3.8, 4) is 0 Å². The van der Waals surface area contributed by atoms with Crippen LogP contribution in [0.2, 0.25) is 0 Å². The van der Waals surface area contributed by atoms with Crippen LogP contribution in [-0.2, 0) is 11.2 Å². The fourth-order valence-electron chi connectivity index (χ4n) is 3.24. The molecule has 0 saturated heterocycles. The van der Waals surface area contributed by atoms with Gasteiger partial charge in [-0.15, -0.1) is 12.4 Å². The smallest absolute Gasteiger partial charge is 0.228 e. The minimum atomic E-state index is 0. The van der Waals surface area contributed by atoms with Gasteiger partial charge in [-0.05, 0) is 40.5 Å². The zero-order valence-electron chi connectivity index (χ0n) is 13.8. The van der Waals surface area contributed by atoms with Crippen LogP contribution in [0.3, 0.4) is 0 Å². The van der Waals surface area contributed by atoms with Crippen LogP contribution in [0, 0.1) is 0 Å². The Morgan fingerprint density at radius 1 is 1.00 bits per heavy atom. The summed E-state index contributed by atoms with van der Waals surface area (Å²) in [6.07, 6.45) is 1.43. The second-order valence-corrected chi connectivity index (χ2v) is 6.49. The Hall–Kier alpha value is -2.36. The molecule has 0 bridgehead atoms. The lowest BCUT2D eigenvalue weighted by atomic mass is 10.0. The Balaban J connectivity index is 0.00000182. The lowest BCUT2D eigenvalue weighted by Crippen LogP contribution is -2.14. The van der Waals surface area contributed by atoms with Crippen molar-refractivity contribution in [2.75, 3.05) is 5.32 Å². The first-order valence-electron chi connectivity index (χ1n) is 8.33. The average molecular weight is 353 g/mol. The Bertz CT molecular complexity index is 887. The van der Waals surface area contributed by atoms with E-state index in [2.05, 4.69) is 35.6 Å². The molecule has 0 heterocycles. The van der Waals surface area contributed by atoms with E-state index in [-0.39, 0.29) is 18.3 Å². The molecule has 1 fully saturated rings. The van der Waals surface area contributed by atoms with Gasteiger partial charge in [0.1, 0.15) is 0 Å². The molecule has 1 saturated carbocycles. The van der Waals surface area contributed by atoms with Gasteiger partial charge in [-0.1, -0.05) is 54.6 Å². The number of halogens is 1. The monoisotopic (exact) mass is 352 g/mol. The number of nitrogens with two attached hydrogens (primary N) is 1. The fraction of sp³-hybridized carbons (Fsp3) is 0.190. The SMILES string of the molecule is Cl.N[C@@H]1C[C@H]1c1ccc(NC(=O)Cc2cccc3ccccc23)cc1. The van der Waals surface area contributed by atoms with Gasteiger partial charge < -0.3 is 11.1 Å². The summed E-state index contributed by atoms with van der Waals surface area (Å²) in [5.74, 6) is 0.493. The molecule has 0 spiro atoms. The van der Waals surface area contributed by atoms with Crippen LogP contribution < -0.4 is 11.1 Å². The van der Waals surface area contributed by atoms with Crippen LogP contribution in [0.1, 0.15) is 23.5 Å². The first-order chi connectivity index (χ1) is 11.7. The molecule has 3 N–H and O–H groups in total. The second-order valence-electron chi connectivity index (χ2n) is 6.49. The highest BCUT2D eigenvalue weighted by Gasteiger charge is 2.34. The van der Waals surface area contributed by atoms with E-state index in [0.717, 1.165) is 28.4 Å². The van der Waals surface area contributed by atoms with Gasteiger partial charge in [0.25, 0.3) is 0 Å². The quantitative estimate of drug-likeness (QED) is 0.737. The third kappa shape index (κ3) is 3.84. The minimum absolute atomic E-state index is 0. The highest BCUT2D eigenvalue weighted by atomic mass is 35.5. The van der Waals surface area contributed by atoms with Crippen molar-refractivity contribution >= 4 is 34.8 Å². The van der Waals surface area contributed by atoms with Gasteiger partial charge in [0.05, 0.1) is 6.42 Å². The molecule has 25 heavy (non-hydrogen) atoms. The van der Waals surface area contributed by atoms with Gasteiger partial charge in [-0.3, -0.25) is 4.79 Å². The normalized spacial score (nSPS) is 18.4. The predicted octanol–water partition coefficient (Wildman–Crippen LogP) is 4.26. The molecular weight excluding hydrogens is 332 g/mol. The molecule has 3 aromatic carbocycles. The average Bonchev–Trinajstić information content (AvgIpc) is 3.33. The van der Waals surface area contributed by atoms with Gasteiger partial charge in [-0.25, -0.2) is 0 Å². The molecule has 4 heteroatoms. The first kappa shape index (κ1) is 17.5. The largest absolute Gasteiger partial charge is 0.327 e. The predicted molar refractivity (Wildman–Crippen MR) is 105 cm³/mol. The molecule has 128 valence electrons. The van der Waals surface area contributed by atoms with E-state index in [1.54, 1.807) is 0 Å². The van der Waals surface area contributed by atoms with Crippen molar-refractivity contribution < 1.29 is 4.79 Å². The van der Waals surface area contributed by atoms with E-state index in [1.807, 2.05) is 36.4 Å². The van der Waals surface area contributed by atoms with E-state index < -0.39 is 0 Å². The van der Waals surface area contributed by atoms with Gasteiger partial charge in [0.15, 0.2) is 0 Å². The maximum absolute atomic E-state index is 12.4. The number of fused-ring (bicyclic) bond motifs is 1. The summed E-state index contributed by atoms with van der Waals surface area (Å²) in [6, 6.07) is 22.6. The van der Waals surface area contributed by atoms with Gasteiger partial charge in [0.2, 0.25) is 5.91 Å². The number of anilines is 1. The Kier molecular flexibility index (Phi) is 5.07. The minimum Gasteiger partial charge on any atom is -0.327 e. The summed E-state index contributed by atoms with van der Waals surface area (Å²) in [6.45, 7) is 0. The van der Waals surface area contributed by atoms with Gasteiger partial charge >= 0.3 is 0 Å². The topological polar surface area (TPSA) is 55.1 Å². The lowest BCUT2D eigenvalue weighted by molar-refractivity contribution is -0.115. The molecule has 3 aromatic rings. The molecule has 3 nitrogen and oxygen atoms in total. The van der Waals surface area contributed by atoms with Crippen LogP contribution in [0.25, 0.3) is 10.8 Å². The van der Waals surface area contributed by atoms with E-state index in [0.29, 0.717) is 18.4 Å². The van der Waals surface area contributed by atoms with E-state index in [4.69, 9.17) is 5.73 Å². The number of hydrogen-bond acceptors (Lipinski definition) is 2. The molecule has 1 amide bonds. The van der Waals surface area contributed by atoms with Crippen molar-refractivity contribution in [1.29, 1.82) is 0 Å². The molecule has 1 aliphatic carbocycles. The summed E-state index contributed by atoms with van der Waals surface area (Å²) in [4.78, 5) is 12.4. The molecular formula is C21H21ClN2O. The van der Waals surface area contributed by atoms with Crippen LogP contribution in [-0.4, -0.2) is 11.9 Å². The van der Waals surface area contributed by atoms with Crippen molar-refractivity contribution in [3.63, 3.8) is 0 Å². The molecule has 0 unspecified atom stereocenters. The Morgan fingerprint density at radius 3 is 2.40 bits per heavy atom. The fourth-order valence-corrected chi connectivity index (χ4v) is 3.24. The van der Waals surface area contributed by atoms with E-state index in [1.165, 1.54) is 5.56 Å². The number of carbonyl (C=O) groups is 1. The Labute approximate surface area is 153 Å². The molecule has 0 aromatic heterocycles. The third-order valence-corrected chi connectivity index (χ3v) is 4.69. The molecule has 1 aliphatic rings. The van der Waals surface area contributed by atoms with E-state index >= 15 is 0 Å². The summed E-state index contributed by atoms with van der Waals surface area (Å²) in [5.41, 5.74) is 9.02. The third-order valence-electron chi connectivity index (χ3n) is 4.69. The number of nitrogens with one attached hydrogen (secondary N) is 1. The van der Waals surface area contributed by atoms with Crippen LogP contribution in [0.5, 0.6) is 0 Å². The second kappa shape index (κ2) is 7.26. The summed E-state index contributed by atoms with van der Waals surface area (Å²) >= 11 is 0. The van der Waals surface area contributed by atoms with Crippen LogP contribution in [0.4, 0.5) is 5.69 Å². The van der Waals surface area contributed by atoms with E-state index in [9.17, 15) is 4.79 Å². The highest BCUT2D eigenvalue weighted by molar-refractivity contribution is 5.96. The molecule has 0 radical (unpaired) electrons. The summed E-state index contributed by atoms with van der Waals surface area (Å²) in [5, 5.41) is 5.28. The van der Waals surface area contributed by atoms with Crippen molar-refractivity contribution in [2.24, 2.45) is 5.73 Å². The molecule has 0 aliphatic heterocycles. The zero-order chi connectivity index (χ0) is 16.5. The maximum atomic E-state index is 12.4. The summed E-state index contributed by atoms with van der Waals surface area (Å²) in [7, 11) is 0. The number of amides is 1. The standard InChI is InChI=1S/C21H20N2O.ClH/c22-20-13-19(20)15-8-10-17(11-9-15)23-21(24)12-16-6-3-5-14-4-1-2-7-18(14)16;/h1-11,19-20H,12-13,22H2,(H,23,24);1H/t19-,20+;/m0./s1. The van der Waals surface area contributed by atoms with Gasteiger partial charge in [-0.2, -0.15) is 0 Å². The lowest BCUT2D eigenvalue weighted by Gasteiger charge is -2.09. The van der Waals surface area contributed by atoms with Gasteiger partial charge in [0, 0.05) is 17.6 Å². The van der Waals surface area contributed by atoms with Crippen molar-refractivity contribution in [3.05, 3.63) is 77.9 Å². The van der Waals surface area contributed by atoms with Crippen molar-refractivity contribution in [1.82, 2.24) is 0 Å². The molecule has 2 atom stereocenters. The first-order valence-corrected chi connectivity index (χ1v) is 8.33. The number of hydrogen-bond donors (Lipinski definition) is 2. The maximum Gasteiger partial charge on any atom is 0.228 e. The highest BCUT2D eigenvalue weighted by Crippen LogP contribution is 2.39. The number of benzene rings is 3. The summed E-state index contributed by atoms with van der Waals surface area (Å²) < 4.78 is 0. The number of rotatable bonds is 4. The van der Waals surface area contributed by atoms with Crippen LogP contribution >= 0.6 is 12.4 Å². The number of carbonyl (C=O) groups excluding carboxylic acids is 1.